The Labute approximate surface area is 81.8 Å². The monoisotopic (exact) mass is 243 g/mol. The minimum Gasteiger partial charge on any atom is -0.507 e. The molecule has 2 rings (SSSR count). The number of halogens is 1. The summed E-state index contributed by atoms with van der Waals surface area (Å²) in [4.78, 5) is 0. The van der Waals surface area contributed by atoms with Crippen molar-refractivity contribution >= 4 is 43.0 Å². The van der Waals surface area contributed by atoms with Crippen LogP contribution < -0.4 is 5.73 Å². The molecule has 2 nitrogen and oxygen atoms in total. The Balaban J connectivity index is 2.98. The molecule has 0 aliphatic heterocycles. The highest BCUT2D eigenvalue weighted by molar-refractivity contribution is 9.10. The lowest BCUT2D eigenvalue weighted by atomic mass is 10.2. The first kappa shape index (κ1) is 7.89. The third-order valence-electron chi connectivity index (χ3n) is 1.69. The molecule has 0 unspecified atom stereocenters. The zero-order valence-corrected chi connectivity index (χ0v) is 8.45. The first-order chi connectivity index (χ1) is 5.70. The molecule has 12 heavy (non-hydrogen) atoms. The lowest BCUT2D eigenvalue weighted by molar-refractivity contribution is 0.481. The van der Waals surface area contributed by atoms with Gasteiger partial charge in [-0.2, -0.15) is 0 Å². The Morgan fingerprint density at radius 3 is 2.83 bits per heavy atom. The van der Waals surface area contributed by atoms with Gasteiger partial charge in [-0.15, -0.1) is 11.3 Å². The van der Waals surface area contributed by atoms with Gasteiger partial charge in [0.15, 0.2) is 0 Å². The number of fused-ring (bicyclic) bond motifs is 1. The van der Waals surface area contributed by atoms with Crippen LogP contribution in [0.5, 0.6) is 5.75 Å². The first-order valence-electron chi connectivity index (χ1n) is 3.34. The summed E-state index contributed by atoms with van der Waals surface area (Å²) in [5.41, 5.74) is 6.42. The Hall–Kier alpha value is -0.740. The standard InChI is InChI=1S/C8H6BrNOS/c9-4-3-12-8-5(10)1-2-6(11)7(4)8/h1-3,11H,10H2. The number of rotatable bonds is 0. The van der Waals surface area contributed by atoms with Gasteiger partial charge in [0.2, 0.25) is 0 Å². The van der Waals surface area contributed by atoms with Crippen molar-refractivity contribution in [3.05, 3.63) is 22.0 Å². The van der Waals surface area contributed by atoms with Crippen molar-refractivity contribution in [3.8, 4) is 5.75 Å². The highest BCUT2D eigenvalue weighted by atomic mass is 79.9. The summed E-state index contributed by atoms with van der Waals surface area (Å²) in [7, 11) is 0. The topological polar surface area (TPSA) is 46.2 Å². The van der Waals surface area contributed by atoms with Crippen LogP contribution in [0.2, 0.25) is 0 Å². The fourth-order valence-electron chi connectivity index (χ4n) is 1.12. The molecule has 0 bridgehead atoms. The molecule has 0 radical (unpaired) electrons. The molecular weight excluding hydrogens is 238 g/mol. The molecule has 0 atom stereocenters. The number of nitrogen functional groups attached to an aromatic ring is 1. The maximum Gasteiger partial charge on any atom is 0.125 e. The van der Waals surface area contributed by atoms with Gasteiger partial charge in [-0.25, -0.2) is 0 Å². The van der Waals surface area contributed by atoms with E-state index in [9.17, 15) is 5.11 Å². The van der Waals surface area contributed by atoms with Gasteiger partial charge >= 0.3 is 0 Å². The van der Waals surface area contributed by atoms with Crippen molar-refractivity contribution in [1.82, 2.24) is 0 Å². The van der Waals surface area contributed by atoms with E-state index in [1.807, 2.05) is 5.38 Å². The normalized spacial score (nSPS) is 10.8. The number of phenols is 1. The Bertz CT molecular complexity index is 438. The molecule has 0 spiro atoms. The number of nitrogens with two attached hydrogens (primary N) is 1. The van der Waals surface area contributed by atoms with Crippen molar-refractivity contribution in [1.29, 1.82) is 0 Å². The number of anilines is 1. The van der Waals surface area contributed by atoms with Crippen LogP contribution in [-0.2, 0) is 0 Å². The summed E-state index contributed by atoms with van der Waals surface area (Å²) in [6.07, 6.45) is 0. The lowest BCUT2D eigenvalue weighted by Gasteiger charge is -1.98. The van der Waals surface area contributed by atoms with Crippen LogP contribution in [0.25, 0.3) is 10.1 Å². The van der Waals surface area contributed by atoms with Crippen LogP contribution in [0.15, 0.2) is 22.0 Å². The molecule has 0 saturated carbocycles. The van der Waals surface area contributed by atoms with Gasteiger partial charge in [-0.3, -0.25) is 0 Å². The van der Waals surface area contributed by atoms with E-state index in [1.165, 1.54) is 11.3 Å². The molecule has 0 aliphatic rings. The first-order valence-corrected chi connectivity index (χ1v) is 5.01. The summed E-state index contributed by atoms with van der Waals surface area (Å²) in [5.74, 6) is 0.271. The third kappa shape index (κ3) is 0.990. The highest BCUT2D eigenvalue weighted by Crippen LogP contribution is 2.39. The van der Waals surface area contributed by atoms with E-state index in [4.69, 9.17) is 5.73 Å². The smallest absolute Gasteiger partial charge is 0.125 e. The van der Waals surface area contributed by atoms with E-state index in [1.54, 1.807) is 12.1 Å². The fourth-order valence-corrected chi connectivity index (χ4v) is 2.80. The molecule has 0 aliphatic carbocycles. The van der Waals surface area contributed by atoms with Crippen molar-refractivity contribution in [3.63, 3.8) is 0 Å². The maximum absolute atomic E-state index is 9.49. The van der Waals surface area contributed by atoms with E-state index in [2.05, 4.69) is 15.9 Å². The van der Waals surface area contributed by atoms with Crippen LogP contribution in [0, 0.1) is 0 Å². The predicted octanol–water partition coefficient (Wildman–Crippen LogP) is 2.95. The van der Waals surface area contributed by atoms with Crippen LogP contribution >= 0.6 is 27.3 Å². The number of benzene rings is 1. The second-order valence-corrected chi connectivity index (χ2v) is 4.20. The van der Waals surface area contributed by atoms with Crippen LogP contribution in [0.4, 0.5) is 5.69 Å². The van der Waals surface area contributed by atoms with Crippen molar-refractivity contribution in [2.45, 2.75) is 0 Å². The minimum absolute atomic E-state index is 0.271. The molecule has 1 aromatic heterocycles. The zero-order chi connectivity index (χ0) is 8.72. The molecule has 0 saturated heterocycles. The second-order valence-electron chi connectivity index (χ2n) is 2.46. The molecular formula is C8H6BrNOS. The van der Waals surface area contributed by atoms with Gasteiger partial charge in [0.05, 0.1) is 10.1 Å². The summed E-state index contributed by atoms with van der Waals surface area (Å²) in [5, 5.41) is 12.2. The van der Waals surface area contributed by atoms with E-state index >= 15 is 0 Å². The molecule has 2 aromatic rings. The number of hydrogen-bond acceptors (Lipinski definition) is 3. The number of phenolic OH excluding ortho intramolecular Hbond substituents is 1. The Morgan fingerprint density at radius 2 is 2.17 bits per heavy atom. The van der Waals surface area contributed by atoms with Crippen molar-refractivity contribution in [2.24, 2.45) is 0 Å². The number of hydrogen-bond donors (Lipinski definition) is 2. The highest BCUT2D eigenvalue weighted by Gasteiger charge is 2.08. The van der Waals surface area contributed by atoms with Gasteiger partial charge in [0.25, 0.3) is 0 Å². The largest absolute Gasteiger partial charge is 0.507 e. The SMILES string of the molecule is Nc1ccc(O)c2c(Br)csc12. The van der Waals surface area contributed by atoms with Gasteiger partial charge in [0, 0.05) is 15.5 Å². The average molecular weight is 244 g/mol. The molecule has 1 aromatic carbocycles. The van der Waals surface area contributed by atoms with Crippen molar-refractivity contribution < 1.29 is 5.11 Å². The molecule has 0 amide bonds. The maximum atomic E-state index is 9.49. The third-order valence-corrected chi connectivity index (χ3v) is 3.64. The van der Waals surface area contributed by atoms with Crippen LogP contribution in [0.1, 0.15) is 0 Å². The van der Waals surface area contributed by atoms with Crippen LogP contribution in [-0.4, -0.2) is 5.11 Å². The van der Waals surface area contributed by atoms with E-state index in [0.717, 1.165) is 14.6 Å². The minimum atomic E-state index is 0.271. The summed E-state index contributed by atoms with van der Waals surface area (Å²) in [6, 6.07) is 3.32. The lowest BCUT2D eigenvalue weighted by Crippen LogP contribution is -1.83. The average Bonchev–Trinajstić information content (AvgIpc) is 2.42. The Morgan fingerprint density at radius 1 is 1.42 bits per heavy atom. The second kappa shape index (κ2) is 2.64. The van der Waals surface area contributed by atoms with Gasteiger partial charge < -0.3 is 10.8 Å². The molecule has 3 N–H and O–H groups in total. The fraction of sp³-hybridized carbons (Fsp3) is 0. The van der Waals surface area contributed by atoms with E-state index in [0.29, 0.717) is 5.69 Å². The van der Waals surface area contributed by atoms with Crippen molar-refractivity contribution in [2.75, 3.05) is 5.73 Å². The van der Waals surface area contributed by atoms with Gasteiger partial charge in [-0.05, 0) is 28.1 Å². The molecule has 62 valence electrons. The van der Waals surface area contributed by atoms with Crippen LogP contribution in [0.3, 0.4) is 0 Å². The molecule has 4 heteroatoms. The Kier molecular flexibility index (Phi) is 1.73. The van der Waals surface area contributed by atoms with Gasteiger partial charge in [-0.1, -0.05) is 0 Å². The van der Waals surface area contributed by atoms with Gasteiger partial charge in [0.1, 0.15) is 5.75 Å². The summed E-state index contributed by atoms with van der Waals surface area (Å²) in [6.45, 7) is 0. The molecule has 0 fully saturated rings. The predicted molar refractivity (Wildman–Crippen MR) is 55.6 cm³/mol. The summed E-state index contributed by atoms with van der Waals surface area (Å²) < 4.78 is 1.83. The summed E-state index contributed by atoms with van der Waals surface area (Å²) >= 11 is 4.87. The quantitative estimate of drug-likeness (QED) is 0.552. The zero-order valence-electron chi connectivity index (χ0n) is 6.04. The number of thiophene rings is 1. The van der Waals surface area contributed by atoms with E-state index < -0.39 is 0 Å². The van der Waals surface area contributed by atoms with E-state index in [-0.39, 0.29) is 5.75 Å². The number of aromatic hydroxyl groups is 1. The molecule has 1 heterocycles.